The Balaban J connectivity index is 1.14. The Morgan fingerprint density at radius 2 is 1.55 bits per heavy atom. The average Bonchev–Trinajstić information content (AvgIpc) is 3.22. The van der Waals surface area contributed by atoms with Gasteiger partial charge in [-0.2, -0.15) is 0 Å². The van der Waals surface area contributed by atoms with Crippen molar-refractivity contribution in [3.8, 4) is 0 Å². The van der Waals surface area contributed by atoms with Crippen molar-refractivity contribution in [3.05, 3.63) is 95.1 Å². The fraction of sp³-hybridized carbons (Fsp3) is 0.323. The fourth-order valence-electron chi connectivity index (χ4n) is 6.03. The first-order valence-corrected chi connectivity index (χ1v) is 13.7. The van der Waals surface area contributed by atoms with Crippen LogP contribution in [0.4, 0.5) is 20.2 Å². The Morgan fingerprint density at radius 1 is 0.800 bits per heavy atom. The van der Waals surface area contributed by atoms with Crippen LogP contribution in [0.3, 0.4) is 0 Å². The third-order valence-corrected chi connectivity index (χ3v) is 8.10. The molecule has 1 atom stereocenters. The van der Waals surface area contributed by atoms with Crippen LogP contribution in [0.25, 0.3) is 0 Å². The minimum absolute atomic E-state index is 0.00540. The second-order valence-corrected chi connectivity index (χ2v) is 10.6. The number of anilines is 2. The number of carbonyl (C=O) groups excluding carboxylic acids is 3. The molecule has 2 fully saturated rings. The van der Waals surface area contributed by atoms with Crippen LogP contribution in [-0.2, 0) is 11.3 Å². The minimum Gasteiger partial charge on any atom is -0.370 e. The molecule has 0 spiro atoms. The standard InChI is InChI=1S/C31H30F2N4O3/c32-23-9-11-25(12-10-23)34-14-16-35(17-15-34)29(38)22-5-3-13-36(20-22)27-8-2-7-26-28(27)31(40)37(30(26)39)19-21-4-1-6-24(33)18-21/h1-2,4,6-12,18,22H,3,5,13-17,19-20H2. The molecule has 6 rings (SSSR count). The Morgan fingerprint density at radius 3 is 2.30 bits per heavy atom. The molecule has 3 aliphatic heterocycles. The lowest BCUT2D eigenvalue weighted by Crippen LogP contribution is -2.52. The maximum Gasteiger partial charge on any atom is 0.263 e. The number of nitrogens with zero attached hydrogens (tertiary/aromatic N) is 4. The van der Waals surface area contributed by atoms with Gasteiger partial charge in [0.25, 0.3) is 11.8 Å². The molecule has 0 radical (unpaired) electrons. The number of hydrogen-bond acceptors (Lipinski definition) is 5. The predicted molar refractivity (Wildman–Crippen MR) is 147 cm³/mol. The van der Waals surface area contributed by atoms with Gasteiger partial charge in [-0.25, -0.2) is 8.78 Å². The van der Waals surface area contributed by atoms with Crippen molar-refractivity contribution in [2.75, 3.05) is 49.1 Å². The van der Waals surface area contributed by atoms with Gasteiger partial charge < -0.3 is 14.7 Å². The van der Waals surface area contributed by atoms with E-state index < -0.39 is 17.6 Å². The summed E-state index contributed by atoms with van der Waals surface area (Å²) >= 11 is 0. The van der Waals surface area contributed by atoms with E-state index in [-0.39, 0.29) is 24.2 Å². The lowest BCUT2D eigenvalue weighted by molar-refractivity contribution is -0.136. The van der Waals surface area contributed by atoms with E-state index in [1.165, 1.54) is 24.3 Å². The summed E-state index contributed by atoms with van der Waals surface area (Å²) in [5.41, 5.74) is 2.84. The van der Waals surface area contributed by atoms with Gasteiger partial charge in [0.1, 0.15) is 11.6 Å². The summed E-state index contributed by atoms with van der Waals surface area (Å²) in [7, 11) is 0. The lowest BCUT2D eigenvalue weighted by atomic mass is 9.94. The number of imide groups is 1. The summed E-state index contributed by atoms with van der Waals surface area (Å²) in [6.45, 7) is 3.69. The van der Waals surface area contributed by atoms with Crippen molar-refractivity contribution in [2.24, 2.45) is 5.92 Å². The lowest BCUT2D eigenvalue weighted by Gasteiger charge is -2.40. The highest BCUT2D eigenvalue weighted by atomic mass is 19.1. The highest BCUT2D eigenvalue weighted by Crippen LogP contribution is 2.35. The SMILES string of the molecule is O=C(C1CCCN(c2cccc3c2C(=O)N(Cc2cccc(F)c2)C3=O)C1)N1CCN(c2ccc(F)cc2)CC1. The van der Waals surface area contributed by atoms with E-state index in [0.717, 1.165) is 23.4 Å². The molecule has 0 aliphatic carbocycles. The molecule has 40 heavy (non-hydrogen) atoms. The quantitative estimate of drug-likeness (QED) is 0.448. The first-order chi connectivity index (χ1) is 19.4. The van der Waals surface area contributed by atoms with Crippen LogP contribution in [0.1, 0.15) is 39.1 Å². The van der Waals surface area contributed by atoms with E-state index in [2.05, 4.69) is 9.80 Å². The third kappa shape index (κ3) is 4.92. The monoisotopic (exact) mass is 544 g/mol. The van der Waals surface area contributed by atoms with Crippen LogP contribution in [-0.4, -0.2) is 66.8 Å². The fourth-order valence-corrected chi connectivity index (χ4v) is 6.03. The summed E-state index contributed by atoms with van der Waals surface area (Å²) in [6.07, 6.45) is 1.56. The Bertz CT molecular complexity index is 1450. The second kappa shape index (κ2) is 10.7. The summed E-state index contributed by atoms with van der Waals surface area (Å²) in [5, 5.41) is 0. The molecule has 2 saturated heterocycles. The number of carbonyl (C=O) groups is 3. The molecule has 0 aromatic heterocycles. The zero-order valence-corrected chi connectivity index (χ0v) is 22.1. The van der Waals surface area contributed by atoms with E-state index in [1.807, 2.05) is 11.0 Å². The van der Waals surface area contributed by atoms with Crippen molar-refractivity contribution in [2.45, 2.75) is 19.4 Å². The van der Waals surface area contributed by atoms with Gasteiger partial charge in [0.2, 0.25) is 5.91 Å². The molecule has 0 bridgehead atoms. The van der Waals surface area contributed by atoms with E-state index in [9.17, 15) is 23.2 Å². The number of benzene rings is 3. The number of rotatable bonds is 5. The van der Waals surface area contributed by atoms with Crippen LogP contribution >= 0.6 is 0 Å². The van der Waals surface area contributed by atoms with Gasteiger partial charge in [0.15, 0.2) is 0 Å². The van der Waals surface area contributed by atoms with E-state index >= 15 is 0 Å². The number of piperazine rings is 1. The summed E-state index contributed by atoms with van der Waals surface area (Å²) in [6, 6.07) is 17.6. The largest absolute Gasteiger partial charge is 0.370 e. The molecular formula is C31H30F2N4O3. The number of amides is 3. The van der Waals surface area contributed by atoms with Crippen LogP contribution < -0.4 is 9.80 Å². The van der Waals surface area contributed by atoms with Crippen molar-refractivity contribution in [1.82, 2.24) is 9.80 Å². The van der Waals surface area contributed by atoms with Gasteiger partial charge in [-0.05, 0) is 66.9 Å². The molecule has 3 amide bonds. The third-order valence-electron chi connectivity index (χ3n) is 8.10. The van der Waals surface area contributed by atoms with Crippen molar-refractivity contribution in [3.63, 3.8) is 0 Å². The first kappa shape index (κ1) is 26.0. The molecule has 3 aliphatic rings. The van der Waals surface area contributed by atoms with Gasteiger partial charge in [-0.15, -0.1) is 0 Å². The minimum atomic E-state index is -0.421. The number of halogens is 2. The Labute approximate surface area is 231 Å². The molecular weight excluding hydrogens is 514 g/mol. The molecule has 7 nitrogen and oxygen atoms in total. The zero-order chi connectivity index (χ0) is 27.8. The molecule has 0 saturated carbocycles. The van der Waals surface area contributed by atoms with Gasteiger partial charge in [0, 0.05) is 45.0 Å². The molecule has 3 aromatic carbocycles. The van der Waals surface area contributed by atoms with Gasteiger partial charge >= 0.3 is 0 Å². The molecule has 206 valence electrons. The highest BCUT2D eigenvalue weighted by molar-refractivity contribution is 6.23. The van der Waals surface area contributed by atoms with Gasteiger partial charge in [0.05, 0.1) is 29.3 Å². The number of hydrogen-bond donors (Lipinski definition) is 0. The molecule has 3 heterocycles. The van der Waals surface area contributed by atoms with Crippen molar-refractivity contribution in [1.29, 1.82) is 0 Å². The van der Waals surface area contributed by atoms with Crippen LogP contribution in [0.5, 0.6) is 0 Å². The molecule has 0 N–H and O–H groups in total. The zero-order valence-electron chi connectivity index (χ0n) is 22.1. The van der Waals surface area contributed by atoms with E-state index in [0.29, 0.717) is 61.6 Å². The second-order valence-electron chi connectivity index (χ2n) is 10.6. The number of fused-ring (bicyclic) bond motifs is 1. The van der Waals surface area contributed by atoms with Crippen molar-refractivity contribution < 1.29 is 23.2 Å². The summed E-state index contributed by atoms with van der Waals surface area (Å²) < 4.78 is 27.0. The van der Waals surface area contributed by atoms with E-state index in [4.69, 9.17) is 0 Å². The summed E-state index contributed by atoms with van der Waals surface area (Å²) in [4.78, 5) is 47.4. The van der Waals surface area contributed by atoms with Crippen LogP contribution in [0.2, 0.25) is 0 Å². The topological polar surface area (TPSA) is 64.2 Å². The molecule has 3 aromatic rings. The molecule has 1 unspecified atom stereocenters. The Hall–Kier alpha value is -4.27. The van der Waals surface area contributed by atoms with Gasteiger partial charge in [-0.1, -0.05) is 18.2 Å². The maximum atomic E-state index is 13.7. The van der Waals surface area contributed by atoms with E-state index in [1.54, 1.807) is 36.4 Å². The predicted octanol–water partition coefficient (Wildman–Crippen LogP) is 4.33. The van der Waals surface area contributed by atoms with Crippen LogP contribution in [0, 0.1) is 17.6 Å². The number of piperidine rings is 1. The maximum absolute atomic E-state index is 13.7. The smallest absolute Gasteiger partial charge is 0.263 e. The first-order valence-electron chi connectivity index (χ1n) is 13.7. The van der Waals surface area contributed by atoms with Crippen molar-refractivity contribution >= 4 is 29.1 Å². The Kier molecular flexibility index (Phi) is 6.96. The average molecular weight is 545 g/mol. The molecule has 9 heteroatoms. The van der Waals surface area contributed by atoms with Crippen LogP contribution in [0.15, 0.2) is 66.7 Å². The summed E-state index contributed by atoms with van der Waals surface area (Å²) in [5.74, 6) is -1.59. The normalized spacial score (nSPS) is 19.3. The van der Waals surface area contributed by atoms with Gasteiger partial charge in [-0.3, -0.25) is 19.3 Å². The highest BCUT2D eigenvalue weighted by Gasteiger charge is 2.40.